The van der Waals surface area contributed by atoms with Gasteiger partial charge in [-0.3, -0.25) is 4.79 Å². The third-order valence-corrected chi connectivity index (χ3v) is 5.51. The highest BCUT2D eigenvalue weighted by molar-refractivity contribution is 6.30. The smallest absolute Gasteiger partial charge is 0.347 e. The molecule has 1 heterocycles. The standard InChI is InChI=1S/C23H26ClNO4/c1-23(2,22(27)28)29-20-7-3-5-17(14-20)18-6-4-12-25(15-18)21(26)13-16-8-10-19(24)11-9-16/h3,5,7-11,14,18H,4,6,12-13,15H2,1-2H3,(H,27,28). The monoisotopic (exact) mass is 415 g/mol. The SMILES string of the molecule is CC(C)(Oc1cccc(C2CCCN(C(=O)Cc3ccc(Cl)cc3)C2)c1)C(=O)O. The van der Waals surface area contributed by atoms with Crippen molar-refractivity contribution in [3.8, 4) is 5.75 Å². The van der Waals surface area contributed by atoms with E-state index in [1.807, 2.05) is 35.2 Å². The maximum Gasteiger partial charge on any atom is 0.347 e. The summed E-state index contributed by atoms with van der Waals surface area (Å²) in [6, 6.07) is 14.9. The van der Waals surface area contributed by atoms with Crippen LogP contribution >= 0.6 is 11.6 Å². The van der Waals surface area contributed by atoms with E-state index in [-0.39, 0.29) is 11.8 Å². The number of hydrogen-bond donors (Lipinski definition) is 1. The van der Waals surface area contributed by atoms with Crippen LogP contribution in [0.1, 0.15) is 43.7 Å². The highest BCUT2D eigenvalue weighted by Crippen LogP contribution is 2.30. The second-order valence-electron chi connectivity index (χ2n) is 7.97. The van der Waals surface area contributed by atoms with Gasteiger partial charge in [-0.05, 0) is 62.1 Å². The lowest BCUT2D eigenvalue weighted by molar-refractivity contribution is -0.152. The van der Waals surface area contributed by atoms with Gasteiger partial charge in [0.1, 0.15) is 5.75 Å². The highest BCUT2D eigenvalue weighted by Gasteiger charge is 2.30. The van der Waals surface area contributed by atoms with Gasteiger partial charge in [0.2, 0.25) is 5.91 Å². The van der Waals surface area contributed by atoms with E-state index in [1.165, 1.54) is 13.8 Å². The number of aliphatic carboxylic acids is 1. The van der Waals surface area contributed by atoms with Crippen LogP contribution in [0, 0.1) is 0 Å². The number of carboxylic acids is 1. The highest BCUT2D eigenvalue weighted by atomic mass is 35.5. The van der Waals surface area contributed by atoms with Gasteiger partial charge in [0, 0.05) is 24.0 Å². The van der Waals surface area contributed by atoms with E-state index in [0.717, 1.165) is 30.5 Å². The molecule has 1 fully saturated rings. The molecule has 5 nitrogen and oxygen atoms in total. The topological polar surface area (TPSA) is 66.8 Å². The van der Waals surface area contributed by atoms with Gasteiger partial charge in [0.05, 0.1) is 6.42 Å². The zero-order valence-corrected chi connectivity index (χ0v) is 17.5. The van der Waals surface area contributed by atoms with Gasteiger partial charge < -0.3 is 14.7 Å². The summed E-state index contributed by atoms with van der Waals surface area (Å²) in [4.78, 5) is 26.0. The van der Waals surface area contributed by atoms with Crippen molar-refractivity contribution in [3.05, 3.63) is 64.7 Å². The molecule has 6 heteroatoms. The van der Waals surface area contributed by atoms with E-state index in [2.05, 4.69) is 0 Å². The number of carboxylic acid groups (broad SMARTS) is 1. The van der Waals surface area contributed by atoms with E-state index in [9.17, 15) is 14.7 Å². The Bertz CT molecular complexity index is 879. The molecule has 3 rings (SSSR count). The molecular weight excluding hydrogens is 390 g/mol. The molecule has 0 saturated carbocycles. The van der Waals surface area contributed by atoms with Crippen LogP contribution in [0.4, 0.5) is 0 Å². The minimum Gasteiger partial charge on any atom is -0.478 e. The summed E-state index contributed by atoms with van der Waals surface area (Å²) in [5.74, 6) is -0.176. The van der Waals surface area contributed by atoms with Crippen molar-refractivity contribution in [2.75, 3.05) is 13.1 Å². The first-order valence-corrected chi connectivity index (χ1v) is 10.2. The fraction of sp³-hybridized carbons (Fsp3) is 0.391. The first-order valence-electron chi connectivity index (χ1n) is 9.79. The van der Waals surface area contributed by atoms with Gasteiger partial charge in [0.15, 0.2) is 5.60 Å². The van der Waals surface area contributed by atoms with E-state index in [0.29, 0.717) is 23.7 Å². The molecule has 1 atom stereocenters. The first kappa shape index (κ1) is 21.2. The van der Waals surface area contributed by atoms with Crippen molar-refractivity contribution in [3.63, 3.8) is 0 Å². The predicted molar refractivity (Wildman–Crippen MR) is 112 cm³/mol. The number of amides is 1. The summed E-state index contributed by atoms with van der Waals surface area (Å²) >= 11 is 5.92. The van der Waals surface area contributed by atoms with Crippen LogP contribution in [-0.2, 0) is 16.0 Å². The number of piperidine rings is 1. The molecule has 154 valence electrons. The normalized spacial score (nSPS) is 17.1. The van der Waals surface area contributed by atoms with Crippen molar-refractivity contribution >= 4 is 23.5 Å². The number of ether oxygens (including phenoxy) is 1. The lowest BCUT2D eigenvalue weighted by Gasteiger charge is -2.33. The van der Waals surface area contributed by atoms with Crippen LogP contribution in [0.25, 0.3) is 0 Å². The second kappa shape index (κ2) is 8.87. The van der Waals surface area contributed by atoms with Crippen molar-refractivity contribution in [1.82, 2.24) is 4.90 Å². The largest absolute Gasteiger partial charge is 0.478 e. The van der Waals surface area contributed by atoms with Gasteiger partial charge in [-0.25, -0.2) is 4.79 Å². The summed E-state index contributed by atoms with van der Waals surface area (Å²) in [6.07, 6.45) is 2.28. The zero-order chi connectivity index (χ0) is 21.0. The van der Waals surface area contributed by atoms with E-state index in [4.69, 9.17) is 16.3 Å². The molecule has 0 bridgehead atoms. The van der Waals surface area contributed by atoms with Crippen molar-refractivity contribution in [1.29, 1.82) is 0 Å². The molecule has 1 N–H and O–H groups in total. The quantitative estimate of drug-likeness (QED) is 0.752. The third kappa shape index (κ3) is 5.51. The Hall–Kier alpha value is -2.53. The van der Waals surface area contributed by atoms with Gasteiger partial charge in [-0.2, -0.15) is 0 Å². The maximum atomic E-state index is 12.8. The van der Waals surface area contributed by atoms with Gasteiger partial charge >= 0.3 is 5.97 Å². The van der Waals surface area contributed by atoms with Crippen LogP contribution in [0.15, 0.2) is 48.5 Å². The Labute approximate surface area is 176 Å². The van der Waals surface area contributed by atoms with E-state index in [1.54, 1.807) is 18.2 Å². The fourth-order valence-electron chi connectivity index (χ4n) is 3.53. The molecular formula is C23H26ClNO4. The molecule has 2 aromatic carbocycles. The Morgan fingerprint density at radius 1 is 1.21 bits per heavy atom. The lowest BCUT2D eigenvalue weighted by Crippen LogP contribution is -2.40. The Morgan fingerprint density at radius 2 is 1.93 bits per heavy atom. The summed E-state index contributed by atoms with van der Waals surface area (Å²) in [7, 11) is 0. The number of rotatable bonds is 6. The molecule has 0 aromatic heterocycles. The zero-order valence-electron chi connectivity index (χ0n) is 16.7. The summed E-state index contributed by atoms with van der Waals surface area (Å²) in [5, 5.41) is 9.94. The molecule has 1 amide bonds. The molecule has 1 aliphatic heterocycles. The summed E-state index contributed by atoms with van der Waals surface area (Å²) in [6.45, 7) is 4.46. The number of carbonyl (C=O) groups excluding carboxylic acids is 1. The lowest BCUT2D eigenvalue weighted by atomic mass is 9.90. The van der Waals surface area contributed by atoms with E-state index < -0.39 is 11.6 Å². The first-order chi connectivity index (χ1) is 13.7. The molecule has 1 unspecified atom stereocenters. The summed E-state index contributed by atoms with van der Waals surface area (Å²) in [5.41, 5.74) is 0.715. The van der Waals surface area contributed by atoms with Crippen molar-refractivity contribution < 1.29 is 19.4 Å². The number of benzene rings is 2. The summed E-state index contributed by atoms with van der Waals surface area (Å²) < 4.78 is 5.67. The number of likely N-dealkylation sites (tertiary alicyclic amines) is 1. The van der Waals surface area contributed by atoms with Crippen LogP contribution < -0.4 is 4.74 Å². The second-order valence-corrected chi connectivity index (χ2v) is 8.41. The van der Waals surface area contributed by atoms with Gasteiger partial charge in [0.25, 0.3) is 0 Å². The van der Waals surface area contributed by atoms with Gasteiger partial charge in [-0.1, -0.05) is 35.9 Å². The minimum atomic E-state index is -1.30. The molecule has 0 spiro atoms. The average Bonchev–Trinajstić information content (AvgIpc) is 2.69. The number of nitrogens with zero attached hydrogens (tertiary/aromatic N) is 1. The molecule has 0 radical (unpaired) electrons. The fourth-order valence-corrected chi connectivity index (χ4v) is 3.66. The van der Waals surface area contributed by atoms with Crippen LogP contribution in [0.2, 0.25) is 5.02 Å². The molecule has 0 aliphatic carbocycles. The molecule has 1 aliphatic rings. The Balaban J connectivity index is 1.67. The Kier molecular flexibility index (Phi) is 6.48. The van der Waals surface area contributed by atoms with Gasteiger partial charge in [-0.15, -0.1) is 0 Å². The number of halogens is 1. The third-order valence-electron chi connectivity index (χ3n) is 5.26. The maximum absolute atomic E-state index is 12.8. The predicted octanol–water partition coefficient (Wildman–Crippen LogP) is 4.53. The number of hydrogen-bond acceptors (Lipinski definition) is 3. The number of carbonyl (C=O) groups is 2. The van der Waals surface area contributed by atoms with Crippen LogP contribution in [-0.4, -0.2) is 40.6 Å². The molecule has 29 heavy (non-hydrogen) atoms. The Morgan fingerprint density at radius 3 is 2.62 bits per heavy atom. The van der Waals surface area contributed by atoms with Crippen molar-refractivity contribution in [2.24, 2.45) is 0 Å². The van der Waals surface area contributed by atoms with E-state index >= 15 is 0 Å². The van der Waals surface area contributed by atoms with Crippen LogP contribution in [0.5, 0.6) is 5.75 Å². The van der Waals surface area contributed by atoms with Crippen molar-refractivity contribution in [2.45, 2.75) is 44.6 Å². The average molecular weight is 416 g/mol. The molecule has 1 saturated heterocycles. The molecule has 2 aromatic rings. The minimum absolute atomic E-state index is 0.108. The van der Waals surface area contributed by atoms with Crippen LogP contribution in [0.3, 0.4) is 0 Å².